The summed E-state index contributed by atoms with van der Waals surface area (Å²) in [5, 5.41) is 22.6. The Labute approximate surface area is 182 Å². The highest BCUT2D eigenvalue weighted by molar-refractivity contribution is 6.22. The predicted octanol–water partition coefficient (Wildman–Crippen LogP) is 5.34. The molecule has 0 spiro atoms. The van der Waals surface area contributed by atoms with Gasteiger partial charge in [-0.15, -0.1) is 0 Å². The number of nitro groups is 1. The number of aromatic nitrogens is 3. The molecule has 0 saturated heterocycles. The van der Waals surface area contributed by atoms with Gasteiger partial charge in [0.1, 0.15) is 5.82 Å². The molecule has 0 aliphatic heterocycles. The van der Waals surface area contributed by atoms with Crippen molar-refractivity contribution in [3.8, 4) is 17.3 Å². The zero-order valence-corrected chi connectivity index (χ0v) is 16.7. The lowest BCUT2D eigenvalue weighted by molar-refractivity contribution is -0.384. The second-order valence-corrected chi connectivity index (χ2v) is 7.15. The van der Waals surface area contributed by atoms with Crippen LogP contribution in [0.15, 0.2) is 90.2 Å². The maximum atomic E-state index is 11.3. The van der Waals surface area contributed by atoms with Crippen LogP contribution in [-0.4, -0.2) is 30.7 Å². The smallest absolute Gasteiger partial charge is 0.270 e. The molecular weight excluding hydrogens is 406 g/mol. The largest absolute Gasteiger partial charge is 0.494 e. The van der Waals surface area contributed by atoms with Gasteiger partial charge >= 0.3 is 0 Å². The van der Waals surface area contributed by atoms with E-state index in [9.17, 15) is 15.2 Å². The van der Waals surface area contributed by atoms with E-state index in [2.05, 4.69) is 15.0 Å². The molecule has 8 nitrogen and oxygen atoms in total. The monoisotopic (exact) mass is 423 g/mol. The number of fused-ring (bicyclic) bond motifs is 1. The van der Waals surface area contributed by atoms with E-state index in [-0.39, 0.29) is 11.6 Å². The zero-order chi connectivity index (χ0) is 22.1. The van der Waals surface area contributed by atoms with Gasteiger partial charge in [0.25, 0.3) is 5.69 Å². The molecule has 0 atom stereocenters. The second kappa shape index (κ2) is 7.84. The van der Waals surface area contributed by atoms with Crippen LogP contribution in [0.1, 0.15) is 11.1 Å². The SMILES string of the molecule is O=[N+]([O-])c1ccc2[nH]c(O)c(C(=Nc3ccc(-c4ncc[nH]4)cc3)c3ccccc3)c2c1. The number of aliphatic imine (C=N–C) groups is 1. The number of non-ortho nitro benzene ring substituents is 1. The Bertz CT molecular complexity index is 1440. The van der Waals surface area contributed by atoms with Gasteiger partial charge in [-0.3, -0.25) is 10.1 Å². The van der Waals surface area contributed by atoms with E-state index in [0.29, 0.717) is 27.9 Å². The van der Waals surface area contributed by atoms with Crippen LogP contribution >= 0.6 is 0 Å². The summed E-state index contributed by atoms with van der Waals surface area (Å²) >= 11 is 0. The molecule has 5 aromatic rings. The molecule has 0 saturated carbocycles. The summed E-state index contributed by atoms with van der Waals surface area (Å²) in [6, 6.07) is 21.3. The topological polar surface area (TPSA) is 120 Å². The number of aromatic hydroxyl groups is 1. The number of H-pyrrole nitrogens is 2. The number of nitrogens with zero attached hydrogens (tertiary/aromatic N) is 3. The molecule has 3 aromatic carbocycles. The van der Waals surface area contributed by atoms with Crippen molar-refractivity contribution in [2.45, 2.75) is 0 Å². The minimum Gasteiger partial charge on any atom is -0.494 e. The van der Waals surface area contributed by atoms with E-state index < -0.39 is 4.92 Å². The Morgan fingerprint density at radius 1 is 1.03 bits per heavy atom. The van der Waals surface area contributed by atoms with Crippen LogP contribution in [0, 0.1) is 10.1 Å². The minimum absolute atomic E-state index is 0.0621. The normalized spacial score (nSPS) is 11.7. The minimum atomic E-state index is -0.458. The molecule has 8 heteroatoms. The van der Waals surface area contributed by atoms with Gasteiger partial charge < -0.3 is 15.1 Å². The number of nitrogens with one attached hydrogen (secondary N) is 2. The summed E-state index contributed by atoms with van der Waals surface area (Å²) in [5.74, 6) is 0.653. The van der Waals surface area contributed by atoms with Crippen LogP contribution in [0.3, 0.4) is 0 Å². The van der Waals surface area contributed by atoms with Crippen molar-refractivity contribution in [1.29, 1.82) is 0 Å². The van der Waals surface area contributed by atoms with Crippen molar-refractivity contribution in [2.75, 3.05) is 0 Å². The summed E-state index contributed by atoms with van der Waals surface area (Å²) in [4.78, 5) is 25.9. The first-order chi connectivity index (χ1) is 15.6. The van der Waals surface area contributed by atoms with E-state index in [1.807, 2.05) is 54.6 Å². The van der Waals surface area contributed by atoms with Crippen molar-refractivity contribution >= 4 is 28.0 Å². The maximum Gasteiger partial charge on any atom is 0.270 e. The molecule has 0 aliphatic rings. The summed E-state index contributed by atoms with van der Waals surface area (Å²) in [5.41, 5.74) is 3.78. The van der Waals surface area contributed by atoms with Gasteiger partial charge in [0.15, 0.2) is 5.88 Å². The van der Waals surface area contributed by atoms with E-state index >= 15 is 0 Å². The first kappa shape index (κ1) is 19.3. The summed E-state index contributed by atoms with van der Waals surface area (Å²) < 4.78 is 0. The summed E-state index contributed by atoms with van der Waals surface area (Å²) in [7, 11) is 0. The van der Waals surface area contributed by atoms with Crippen molar-refractivity contribution in [1.82, 2.24) is 15.0 Å². The number of rotatable bonds is 5. The fourth-order valence-electron chi connectivity index (χ4n) is 3.63. The van der Waals surface area contributed by atoms with Crippen molar-refractivity contribution in [3.63, 3.8) is 0 Å². The molecule has 5 rings (SSSR count). The van der Waals surface area contributed by atoms with Crippen LogP contribution in [0.25, 0.3) is 22.3 Å². The number of hydrogen-bond acceptors (Lipinski definition) is 5. The lowest BCUT2D eigenvalue weighted by Gasteiger charge is -2.08. The maximum absolute atomic E-state index is 11.3. The molecule has 2 heterocycles. The van der Waals surface area contributed by atoms with Crippen LogP contribution in [-0.2, 0) is 0 Å². The van der Waals surface area contributed by atoms with Crippen molar-refractivity contribution in [3.05, 3.63) is 106 Å². The van der Waals surface area contributed by atoms with Crippen LogP contribution in [0.2, 0.25) is 0 Å². The lowest BCUT2D eigenvalue weighted by atomic mass is 10.0. The molecule has 0 unspecified atom stereocenters. The number of benzene rings is 3. The molecule has 0 radical (unpaired) electrons. The third-order valence-corrected chi connectivity index (χ3v) is 5.14. The molecule has 2 aromatic heterocycles. The van der Waals surface area contributed by atoms with Gasteiger partial charge in [-0.2, -0.15) is 0 Å². The van der Waals surface area contributed by atoms with Crippen LogP contribution < -0.4 is 0 Å². The Morgan fingerprint density at radius 2 is 1.81 bits per heavy atom. The second-order valence-electron chi connectivity index (χ2n) is 7.15. The fourth-order valence-corrected chi connectivity index (χ4v) is 3.63. The van der Waals surface area contributed by atoms with E-state index in [1.165, 1.54) is 12.1 Å². The van der Waals surface area contributed by atoms with Gasteiger partial charge in [0.05, 0.1) is 21.9 Å². The molecule has 0 aliphatic carbocycles. The van der Waals surface area contributed by atoms with E-state index in [1.54, 1.807) is 18.5 Å². The zero-order valence-electron chi connectivity index (χ0n) is 16.7. The summed E-state index contributed by atoms with van der Waals surface area (Å²) in [6.07, 6.45) is 3.45. The van der Waals surface area contributed by atoms with Crippen molar-refractivity contribution in [2.24, 2.45) is 4.99 Å². The Kier molecular flexibility index (Phi) is 4.72. The van der Waals surface area contributed by atoms with Gasteiger partial charge in [-0.1, -0.05) is 30.3 Å². The average Bonchev–Trinajstić information content (AvgIpc) is 3.46. The van der Waals surface area contributed by atoms with Crippen molar-refractivity contribution < 1.29 is 10.0 Å². The Morgan fingerprint density at radius 3 is 2.50 bits per heavy atom. The summed E-state index contributed by atoms with van der Waals surface area (Å²) in [6.45, 7) is 0. The lowest BCUT2D eigenvalue weighted by Crippen LogP contribution is -2.03. The Balaban J connectivity index is 1.68. The van der Waals surface area contributed by atoms with Gasteiger partial charge in [-0.05, 0) is 30.3 Å². The van der Waals surface area contributed by atoms with Gasteiger partial charge in [0, 0.05) is 46.6 Å². The highest BCUT2D eigenvalue weighted by Gasteiger charge is 2.20. The number of nitro benzene ring substituents is 1. The molecule has 0 amide bonds. The standard InChI is InChI=1S/C24H17N5O3/c30-24-21(19-14-18(29(31)32)10-11-20(19)28-24)22(15-4-2-1-3-5-15)27-17-8-6-16(7-9-17)23-25-12-13-26-23/h1-14,28,30H,(H,25,26). The average molecular weight is 423 g/mol. The highest BCUT2D eigenvalue weighted by Crippen LogP contribution is 2.33. The van der Waals surface area contributed by atoms with E-state index in [0.717, 1.165) is 17.0 Å². The van der Waals surface area contributed by atoms with Gasteiger partial charge in [-0.25, -0.2) is 9.98 Å². The molecule has 156 valence electrons. The first-order valence-corrected chi connectivity index (χ1v) is 9.83. The predicted molar refractivity (Wildman–Crippen MR) is 122 cm³/mol. The van der Waals surface area contributed by atoms with Crippen LogP contribution in [0.5, 0.6) is 5.88 Å². The quantitative estimate of drug-likeness (QED) is 0.201. The number of aromatic amines is 2. The third-order valence-electron chi connectivity index (χ3n) is 5.14. The molecular formula is C24H17N5O3. The molecule has 3 N–H and O–H groups in total. The number of hydrogen-bond donors (Lipinski definition) is 3. The highest BCUT2D eigenvalue weighted by atomic mass is 16.6. The van der Waals surface area contributed by atoms with Gasteiger partial charge in [0.2, 0.25) is 0 Å². The molecule has 0 bridgehead atoms. The van der Waals surface area contributed by atoms with E-state index in [4.69, 9.17) is 4.99 Å². The molecule has 32 heavy (non-hydrogen) atoms. The van der Waals surface area contributed by atoms with Crippen LogP contribution in [0.4, 0.5) is 11.4 Å². The number of imidazole rings is 1. The first-order valence-electron chi connectivity index (χ1n) is 9.83. The Hall–Kier alpha value is -4.72. The third kappa shape index (κ3) is 3.50. The fraction of sp³-hybridized carbons (Fsp3) is 0. The molecule has 0 fully saturated rings.